The topological polar surface area (TPSA) is 101 Å². The second-order valence-corrected chi connectivity index (χ2v) is 1.56. The zero-order valence-corrected chi connectivity index (χ0v) is 10.2. The van der Waals surface area contributed by atoms with E-state index in [1.807, 2.05) is 0 Å². The minimum atomic E-state index is -4.92. The van der Waals surface area contributed by atoms with E-state index in [0.717, 1.165) is 0 Å². The summed E-state index contributed by atoms with van der Waals surface area (Å²) >= 11 is 3.70. The smallest absolute Gasteiger partial charge is 0.726 e. The SMILES string of the molecule is N#C[S-].O=S(=O)([O-])O.[K+].[Li+]. The van der Waals surface area contributed by atoms with E-state index >= 15 is 0 Å². The van der Waals surface area contributed by atoms with Gasteiger partial charge in [-0.3, -0.25) is 4.55 Å². The summed E-state index contributed by atoms with van der Waals surface area (Å²) in [5.74, 6) is 0. The van der Waals surface area contributed by atoms with Gasteiger partial charge in [0, 0.05) is 0 Å². The summed E-state index contributed by atoms with van der Waals surface area (Å²) in [6, 6.07) is 0. The third kappa shape index (κ3) is 232. The van der Waals surface area contributed by atoms with Crippen molar-refractivity contribution in [2.75, 3.05) is 0 Å². The largest absolute Gasteiger partial charge is 1.00 e. The number of thiocyanates is 1. The molecule has 0 amide bonds. The molecule has 0 aliphatic rings. The summed E-state index contributed by atoms with van der Waals surface area (Å²) in [5, 5.41) is 8.47. The van der Waals surface area contributed by atoms with Crippen molar-refractivity contribution in [2.45, 2.75) is 0 Å². The molecule has 0 aromatic rings. The fraction of sp³-hybridized carbons (Fsp3) is 0. The first kappa shape index (κ1) is 22.6. The summed E-state index contributed by atoms with van der Waals surface area (Å²) in [4.78, 5) is 0. The van der Waals surface area contributed by atoms with Crippen molar-refractivity contribution in [1.29, 1.82) is 5.26 Å². The van der Waals surface area contributed by atoms with Gasteiger partial charge in [-0.1, -0.05) is 5.40 Å². The zero-order chi connectivity index (χ0) is 7.21. The maximum atomic E-state index is 8.63. The molecule has 0 saturated carbocycles. The van der Waals surface area contributed by atoms with Gasteiger partial charge in [0.15, 0.2) is 0 Å². The van der Waals surface area contributed by atoms with Crippen LogP contribution in [0.3, 0.4) is 0 Å². The standard InChI is InChI=1S/CHNS.K.Li.H2O4S/c2-1-3;;;1-5(2,3)4/h3H;;;(H2,1,2,3,4)/q;2*+1;/p-2. The Morgan fingerprint density at radius 2 is 1.60 bits per heavy atom. The third-order valence-electron chi connectivity index (χ3n) is 0. The van der Waals surface area contributed by atoms with Crippen LogP contribution in [-0.4, -0.2) is 17.5 Å². The van der Waals surface area contributed by atoms with Crippen molar-refractivity contribution in [3.63, 3.8) is 0 Å². The van der Waals surface area contributed by atoms with Crippen LogP contribution in [0.5, 0.6) is 0 Å². The first-order valence-corrected chi connectivity index (χ1v) is 2.88. The average molecular weight is 201 g/mol. The van der Waals surface area contributed by atoms with Crippen LogP contribution in [0.25, 0.3) is 0 Å². The van der Waals surface area contributed by atoms with Gasteiger partial charge in [-0.15, -0.1) is 0 Å². The van der Waals surface area contributed by atoms with Crippen LogP contribution in [0, 0.1) is 10.7 Å². The summed E-state index contributed by atoms with van der Waals surface area (Å²) in [6.07, 6.45) is 0. The third-order valence-corrected chi connectivity index (χ3v) is 0. The number of nitriles is 1. The van der Waals surface area contributed by atoms with Gasteiger partial charge in [0.1, 0.15) is 0 Å². The molecule has 0 unspecified atom stereocenters. The van der Waals surface area contributed by atoms with Gasteiger partial charge < -0.3 is 17.2 Å². The molecule has 1 N–H and O–H groups in total. The molecule has 0 bridgehead atoms. The van der Waals surface area contributed by atoms with Crippen LogP contribution in [0.15, 0.2) is 0 Å². The Morgan fingerprint density at radius 1 is 1.60 bits per heavy atom. The van der Waals surface area contributed by atoms with Gasteiger partial charge in [0.25, 0.3) is 0 Å². The van der Waals surface area contributed by atoms with Crippen LogP contribution in [0.4, 0.5) is 0 Å². The van der Waals surface area contributed by atoms with E-state index in [1.54, 1.807) is 0 Å². The van der Waals surface area contributed by atoms with Crippen LogP contribution in [-0.2, 0) is 23.0 Å². The minimum Gasteiger partial charge on any atom is -0.726 e. The summed E-state index contributed by atoms with van der Waals surface area (Å²) in [5.41, 5.74) is 0. The van der Waals surface area contributed by atoms with Crippen LogP contribution in [0.1, 0.15) is 0 Å². The molecule has 0 aliphatic carbocycles. The van der Waals surface area contributed by atoms with Gasteiger partial charge >= 0.3 is 70.2 Å². The normalized spacial score (nSPS) is 6.50. The van der Waals surface area contributed by atoms with Crippen LogP contribution < -0.4 is 70.2 Å². The second kappa shape index (κ2) is 13.4. The summed E-state index contributed by atoms with van der Waals surface area (Å²) in [6.45, 7) is 0. The Hall–Kier alpha value is 1.81. The molecule has 48 valence electrons. The maximum Gasteiger partial charge on any atom is 1.00 e. The van der Waals surface area contributed by atoms with Gasteiger partial charge in [-0.2, -0.15) is 0 Å². The van der Waals surface area contributed by atoms with Gasteiger partial charge in [0.05, 0.1) is 0 Å². The van der Waals surface area contributed by atoms with E-state index in [-0.39, 0.29) is 70.2 Å². The quantitative estimate of drug-likeness (QED) is 0.137. The Kier molecular flexibility index (Phi) is 30.3. The molecule has 9 heteroatoms. The molecule has 0 spiro atoms. The molecule has 10 heavy (non-hydrogen) atoms. The molecule has 0 heterocycles. The fourth-order valence-electron chi connectivity index (χ4n) is 0. The molecule has 0 atom stereocenters. The predicted octanol–water partition coefficient (Wildman–Crippen LogP) is -6.97. The van der Waals surface area contributed by atoms with E-state index < -0.39 is 10.4 Å². The van der Waals surface area contributed by atoms with Gasteiger partial charge in [0.2, 0.25) is 10.4 Å². The maximum absolute atomic E-state index is 8.63. The van der Waals surface area contributed by atoms with Gasteiger partial charge in [-0.25, -0.2) is 13.7 Å². The summed E-state index contributed by atoms with van der Waals surface area (Å²) in [7, 11) is -4.92. The van der Waals surface area contributed by atoms with E-state index in [2.05, 4.69) is 12.6 Å². The molecule has 0 aromatic heterocycles. The molecule has 0 aliphatic heterocycles. The van der Waals surface area contributed by atoms with Crippen molar-refractivity contribution in [3.05, 3.63) is 0 Å². The Labute approximate surface area is 119 Å². The van der Waals surface area contributed by atoms with E-state index in [9.17, 15) is 0 Å². The van der Waals surface area contributed by atoms with Crippen molar-refractivity contribution in [1.82, 2.24) is 0 Å². The Balaban J connectivity index is -0.0000000326. The molecule has 0 saturated heterocycles. The Morgan fingerprint density at radius 3 is 1.60 bits per heavy atom. The molecule has 0 rings (SSSR count). The minimum absolute atomic E-state index is 0. The van der Waals surface area contributed by atoms with Crippen LogP contribution in [0.2, 0.25) is 0 Å². The number of rotatable bonds is 0. The molecule has 0 fully saturated rings. The second-order valence-electron chi connectivity index (χ2n) is 0.519. The predicted molar refractivity (Wildman–Crippen MR) is 25.3 cm³/mol. The Bertz CT molecular complexity index is 164. The number of hydrogen-bond donors (Lipinski definition) is 1. The molecule has 0 aromatic carbocycles. The molecular formula is CHKLiNO4S2. The number of nitrogens with zero attached hydrogens (tertiary/aromatic N) is 1. The van der Waals surface area contributed by atoms with Crippen LogP contribution >= 0.6 is 0 Å². The zero-order valence-electron chi connectivity index (χ0n) is 5.44. The van der Waals surface area contributed by atoms with Gasteiger partial charge in [-0.05, 0) is 0 Å². The monoisotopic (exact) mass is 201 g/mol. The van der Waals surface area contributed by atoms with E-state index in [1.165, 1.54) is 5.40 Å². The summed E-state index contributed by atoms with van der Waals surface area (Å²) < 4.78 is 32.8. The fourth-order valence-corrected chi connectivity index (χ4v) is 0. The first-order chi connectivity index (χ1) is 3.41. The van der Waals surface area contributed by atoms with E-state index in [0.29, 0.717) is 0 Å². The van der Waals surface area contributed by atoms with Crippen molar-refractivity contribution in [2.24, 2.45) is 0 Å². The van der Waals surface area contributed by atoms with Crippen molar-refractivity contribution >= 4 is 23.0 Å². The van der Waals surface area contributed by atoms with Crippen molar-refractivity contribution in [3.8, 4) is 5.40 Å². The first-order valence-electron chi connectivity index (χ1n) is 1.11. The molecule has 0 radical (unpaired) electrons. The van der Waals surface area contributed by atoms with Crippen molar-refractivity contribution < 1.29 is 87.8 Å². The molecular weight excluding hydrogens is 200 g/mol. The van der Waals surface area contributed by atoms with E-state index in [4.69, 9.17) is 22.8 Å². The number of hydrogen-bond acceptors (Lipinski definition) is 5. The molecule has 5 nitrogen and oxygen atoms in total. The average Bonchev–Trinajstić information content (AvgIpc) is 1.27.